The van der Waals surface area contributed by atoms with E-state index >= 15 is 4.79 Å². The summed E-state index contributed by atoms with van der Waals surface area (Å²) in [6.45, 7) is 12.0. The molecule has 0 N–H and O–H groups in total. The molecule has 1 fully saturated rings. The summed E-state index contributed by atoms with van der Waals surface area (Å²) >= 11 is 0. The van der Waals surface area contributed by atoms with Gasteiger partial charge in [0.2, 0.25) is 0 Å². The Hall–Kier alpha value is -4.66. The molecule has 0 atom stereocenters. The second kappa shape index (κ2) is 10.7. The SMILES string of the molecule is Cc1noc(C)c1-c1cc(B2OC(C)(C)C(C)(C)O2)c2c(c1)n(C(c1ccccc1)(c1ccccc1)c1ccccc1)c(=O)n2C. The summed E-state index contributed by atoms with van der Waals surface area (Å²) in [5.41, 5.74) is 5.31. The Balaban J connectivity index is 1.67. The molecular formula is C38H38BN3O4. The molecule has 1 aliphatic heterocycles. The zero-order valence-corrected chi connectivity index (χ0v) is 27.4. The molecule has 4 aromatic carbocycles. The van der Waals surface area contributed by atoms with E-state index in [1.165, 1.54) is 0 Å². The molecule has 232 valence electrons. The van der Waals surface area contributed by atoms with Crippen LogP contribution in [0.4, 0.5) is 0 Å². The summed E-state index contributed by atoms with van der Waals surface area (Å²) in [5.74, 6) is 0.696. The quantitative estimate of drug-likeness (QED) is 0.154. The number of hydrogen-bond acceptors (Lipinski definition) is 5. The first kappa shape index (κ1) is 30.0. The minimum atomic E-state index is -1.02. The molecule has 0 aliphatic carbocycles. The first-order chi connectivity index (χ1) is 22.0. The molecule has 0 saturated carbocycles. The highest BCUT2D eigenvalue weighted by atomic mass is 16.7. The largest absolute Gasteiger partial charge is 0.497 e. The number of hydrogen-bond donors (Lipinski definition) is 0. The topological polar surface area (TPSA) is 71.4 Å². The number of aryl methyl sites for hydroxylation is 3. The van der Waals surface area contributed by atoms with Crippen LogP contribution in [0.15, 0.2) is 112 Å². The molecule has 0 amide bonds. The van der Waals surface area contributed by atoms with Crippen LogP contribution in [0.3, 0.4) is 0 Å². The van der Waals surface area contributed by atoms with Crippen molar-refractivity contribution in [1.82, 2.24) is 14.3 Å². The number of fused-ring (bicyclic) bond motifs is 1. The van der Waals surface area contributed by atoms with E-state index in [0.29, 0.717) is 5.76 Å². The summed E-state index contributed by atoms with van der Waals surface area (Å²) in [7, 11) is 1.12. The molecule has 1 aliphatic rings. The molecular weight excluding hydrogens is 573 g/mol. The Bertz CT molecular complexity index is 1980. The molecule has 3 heterocycles. The van der Waals surface area contributed by atoms with Crippen molar-refractivity contribution in [3.63, 3.8) is 0 Å². The van der Waals surface area contributed by atoms with E-state index in [2.05, 4.69) is 53.7 Å². The maximum atomic E-state index is 15.0. The van der Waals surface area contributed by atoms with Crippen LogP contribution in [0.1, 0.15) is 55.8 Å². The van der Waals surface area contributed by atoms with Crippen molar-refractivity contribution in [3.05, 3.63) is 142 Å². The predicted molar refractivity (Wildman–Crippen MR) is 182 cm³/mol. The summed E-state index contributed by atoms with van der Waals surface area (Å²) in [6, 6.07) is 34.9. The highest BCUT2D eigenvalue weighted by molar-refractivity contribution is 6.65. The molecule has 2 aromatic heterocycles. The zero-order valence-electron chi connectivity index (χ0n) is 27.4. The van der Waals surface area contributed by atoms with Gasteiger partial charge in [0.1, 0.15) is 11.3 Å². The van der Waals surface area contributed by atoms with Crippen molar-refractivity contribution in [3.8, 4) is 11.1 Å². The van der Waals surface area contributed by atoms with Gasteiger partial charge in [-0.15, -0.1) is 0 Å². The molecule has 0 unspecified atom stereocenters. The lowest BCUT2D eigenvalue weighted by atomic mass is 9.75. The van der Waals surface area contributed by atoms with E-state index in [1.54, 1.807) is 4.57 Å². The fourth-order valence-electron chi connectivity index (χ4n) is 6.96. The van der Waals surface area contributed by atoms with Gasteiger partial charge in [-0.25, -0.2) is 4.79 Å². The third-order valence-electron chi connectivity index (χ3n) is 9.91. The van der Waals surface area contributed by atoms with Gasteiger partial charge in [-0.1, -0.05) is 102 Å². The smallest absolute Gasteiger partial charge is 0.399 e. The first-order valence-electron chi connectivity index (χ1n) is 15.7. The third kappa shape index (κ3) is 4.35. The lowest BCUT2D eigenvalue weighted by Gasteiger charge is -2.37. The van der Waals surface area contributed by atoms with Crippen LogP contribution in [-0.2, 0) is 21.9 Å². The monoisotopic (exact) mass is 611 g/mol. The molecule has 6 aromatic rings. The Labute approximate surface area is 269 Å². The summed E-state index contributed by atoms with van der Waals surface area (Å²) in [5, 5.41) is 4.27. The fraction of sp³-hybridized carbons (Fsp3) is 0.263. The minimum Gasteiger partial charge on any atom is -0.399 e. The number of aromatic nitrogens is 3. The first-order valence-corrected chi connectivity index (χ1v) is 15.7. The predicted octanol–water partition coefficient (Wildman–Crippen LogP) is 6.75. The van der Waals surface area contributed by atoms with E-state index < -0.39 is 23.9 Å². The Morgan fingerprint density at radius 1 is 0.739 bits per heavy atom. The van der Waals surface area contributed by atoms with E-state index in [0.717, 1.165) is 50.0 Å². The molecule has 1 saturated heterocycles. The number of rotatable bonds is 6. The second-order valence-electron chi connectivity index (χ2n) is 13.2. The summed E-state index contributed by atoms with van der Waals surface area (Å²) in [6.07, 6.45) is 0. The Morgan fingerprint density at radius 3 is 1.65 bits per heavy atom. The van der Waals surface area contributed by atoms with Crippen molar-refractivity contribution >= 4 is 23.6 Å². The van der Waals surface area contributed by atoms with Crippen molar-refractivity contribution in [2.24, 2.45) is 7.05 Å². The minimum absolute atomic E-state index is 0.166. The molecule has 0 bridgehead atoms. The van der Waals surface area contributed by atoms with Gasteiger partial charge in [-0.05, 0) is 69.9 Å². The normalized spacial score (nSPS) is 15.9. The molecule has 0 radical (unpaired) electrons. The van der Waals surface area contributed by atoms with Crippen molar-refractivity contribution in [1.29, 1.82) is 0 Å². The zero-order chi connectivity index (χ0) is 32.4. The second-order valence-corrected chi connectivity index (χ2v) is 13.2. The van der Waals surface area contributed by atoms with Crippen LogP contribution in [0, 0.1) is 13.8 Å². The van der Waals surface area contributed by atoms with Gasteiger partial charge in [-0.2, -0.15) is 0 Å². The van der Waals surface area contributed by atoms with Gasteiger partial charge in [0, 0.05) is 18.1 Å². The summed E-state index contributed by atoms with van der Waals surface area (Å²) in [4.78, 5) is 15.0. The van der Waals surface area contributed by atoms with Crippen molar-refractivity contribution in [2.75, 3.05) is 0 Å². The van der Waals surface area contributed by atoms with Crippen LogP contribution in [0.2, 0.25) is 0 Å². The number of nitrogens with zero attached hydrogens (tertiary/aromatic N) is 3. The lowest BCUT2D eigenvalue weighted by molar-refractivity contribution is 0.00578. The van der Waals surface area contributed by atoms with Crippen molar-refractivity contribution < 1.29 is 13.8 Å². The number of imidazole rings is 1. The highest BCUT2D eigenvalue weighted by Gasteiger charge is 2.53. The molecule has 0 spiro atoms. The highest BCUT2D eigenvalue weighted by Crippen LogP contribution is 2.43. The third-order valence-corrected chi connectivity index (χ3v) is 9.91. The molecule has 7 nitrogen and oxygen atoms in total. The summed E-state index contributed by atoms with van der Waals surface area (Å²) < 4.78 is 22.6. The van der Waals surface area contributed by atoms with Crippen LogP contribution < -0.4 is 11.2 Å². The molecule has 7 rings (SSSR count). The average molecular weight is 612 g/mol. The van der Waals surface area contributed by atoms with Crippen molar-refractivity contribution in [2.45, 2.75) is 58.3 Å². The molecule has 8 heteroatoms. The van der Waals surface area contributed by atoms with Crippen LogP contribution in [-0.4, -0.2) is 32.6 Å². The van der Waals surface area contributed by atoms with E-state index in [1.807, 2.05) is 108 Å². The molecule has 46 heavy (non-hydrogen) atoms. The van der Waals surface area contributed by atoms with Gasteiger partial charge in [0.25, 0.3) is 0 Å². The maximum Gasteiger partial charge on any atom is 0.497 e. The van der Waals surface area contributed by atoms with Gasteiger partial charge >= 0.3 is 12.8 Å². The maximum absolute atomic E-state index is 15.0. The average Bonchev–Trinajstić information content (AvgIpc) is 3.60. The van der Waals surface area contributed by atoms with Crippen LogP contribution >= 0.6 is 0 Å². The van der Waals surface area contributed by atoms with Gasteiger partial charge in [0.15, 0.2) is 0 Å². The number of benzene rings is 4. The Morgan fingerprint density at radius 2 is 1.22 bits per heavy atom. The van der Waals surface area contributed by atoms with Crippen LogP contribution in [0.25, 0.3) is 22.2 Å². The van der Waals surface area contributed by atoms with Gasteiger partial charge < -0.3 is 13.8 Å². The van der Waals surface area contributed by atoms with E-state index in [4.69, 9.17) is 13.8 Å². The lowest BCUT2D eigenvalue weighted by Crippen LogP contribution is -2.44. The Kier molecular flexibility index (Phi) is 6.99. The standard InChI is InChI=1S/C38H38BN3O4/c1-25-33(26(2)44-40-25)27-23-31(39-45-36(3,4)37(5,6)46-39)34-32(24-27)42(35(43)41(34)7)38(28-17-11-8-12-18-28,29-19-13-9-14-20-29)30-21-15-10-16-22-30/h8-24H,1-7H3. The fourth-order valence-corrected chi connectivity index (χ4v) is 6.96. The van der Waals surface area contributed by atoms with Gasteiger partial charge in [-0.3, -0.25) is 9.13 Å². The van der Waals surface area contributed by atoms with Crippen LogP contribution in [0.5, 0.6) is 0 Å². The van der Waals surface area contributed by atoms with Gasteiger partial charge in [0.05, 0.1) is 27.9 Å². The van der Waals surface area contributed by atoms with E-state index in [-0.39, 0.29) is 5.69 Å². The van der Waals surface area contributed by atoms with E-state index in [9.17, 15) is 0 Å².